The summed E-state index contributed by atoms with van der Waals surface area (Å²) < 4.78 is 18.3. The number of methoxy groups -OCH3 is 1. The molecule has 0 aliphatic heterocycles. The molecule has 0 aromatic heterocycles. The molecule has 20 heavy (non-hydrogen) atoms. The Balaban J connectivity index is 2.62. The van der Waals surface area contributed by atoms with E-state index >= 15 is 0 Å². The van der Waals surface area contributed by atoms with Gasteiger partial charge in [-0.2, -0.15) is 0 Å². The third kappa shape index (κ3) is 4.51. The molecule has 0 bridgehead atoms. The molecule has 0 aliphatic rings. The lowest BCUT2D eigenvalue weighted by Crippen LogP contribution is -2.39. The Bertz CT molecular complexity index is 494. The highest BCUT2D eigenvalue weighted by atomic mass is 19.1. The predicted molar refractivity (Wildman–Crippen MR) is 72.7 cm³/mol. The number of nitrogens with zero attached hydrogens (tertiary/aromatic N) is 1. The van der Waals surface area contributed by atoms with Gasteiger partial charge in [0.05, 0.1) is 18.7 Å². The summed E-state index contributed by atoms with van der Waals surface area (Å²) in [6, 6.07) is 3.73. The number of hydrogen-bond donors (Lipinski definition) is 2. The molecule has 0 atom stereocenters. The number of halogens is 1. The normalized spacial score (nSPS) is 10.2. The van der Waals surface area contributed by atoms with E-state index in [4.69, 9.17) is 10.5 Å². The first-order chi connectivity index (χ1) is 9.45. The Morgan fingerprint density at radius 2 is 2.15 bits per heavy atom. The van der Waals surface area contributed by atoms with Gasteiger partial charge in [0.25, 0.3) is 5.91 Å². The van der Waals surface area contributed by atoms with Gasteiger partial charge in [-0.3, -0.25) is 9.59 Å². The summed E-state index contributed by atoms with van der Waals surface area (Å²) in [6.07, 6.45) is 0. The van der Waals surface area contributed by atoms with Gasteiger partial charge in [-0.15, -0.1) is 0 Å². The van der Waals surface area contributed by atoms with Crippen LogP contribution in [0.3, 0.4) is 0 Å². The Hall–Kier alpha value is -2.15. The Kier molecular flexibility index (Phi) is 5.92. The van der Waals surface area contributed by atoms with Gasteiger partial charge in [0.1, 0.15) is 5.82 Å². The van der Waals surface area contributed by atoms with E-state index in [2.05, 4.69) is 5.32 Å². The minimum atomic E-state index is -0.671. The summed E-state index contributed by atoms with van der Waals surface area (Å²) >= 11 is 0. The van der Waals surface area contributed by atoms with Crippen LogP contribution in [0.2, 0.25) is 0 Å². The van der Waals surface area contributed by atoms with Crippen LogP contribution in [0.15, 0.2) is 18.2 Å². The third-order valence-corrected chi connectivity index (χ3v) is 2.58. The van der Waals surface area contributed by atoms with Crippen LogP contribution in [-0.4, -0.2) is 50.6 Å². The van der Waals surface area contributed by atoms with E-state index < -0.39 is 11.7 Å². The largest absolute Gasteiger partial charge is 0.399 e. The molecular formula is C13H18FN3O3. The first-order valence-electron chi connectivity index (χ1n) is 6.02. The van der Waals surface area contributed by atoms with Crippen molar-refractivity contribution in [3.05, 3.63) is 29.6 Å². The van der Waals surface area contributed by atoms with Crippen LogP contribution >= 0.6 is 0 Å². The molecule has 0 unspecified atom stereocenters. The van der Waals surface area contributed by atoms with E-state index in [-0.39, 0.29) is 23.7 Å². The van der Waals surface area contributed by atoms with Crippen molar-refractivity contribution in [3.8, 4) is 0 Å². The summed E-state index contributed by atoms with van der Waals surface area (Å²) in [7, 11) is 2.94. The molecular weight excluding hydrogens is 265 g/mol. The van der Waals surface area contributed by atoms with Crippen molar-refractivity contribution in [2.75, 3.05) is 39.6 Å². The molecule has 1 aromatic rings. The zero-order valence-electron chi connectivity index (χ0n) is 11.5. The molecule has 0 fully saturated rings. The van der Waals surface area contributed by atoms with Gasteiger partial charge < -0.3 is 20.7 Å². The SMILES string of the molecule is COCCNC(=O)CN(C)C(=O)c1cc(N)ccc1F. The average molecular weight is 283 g/mol. The third-order valence-electron chi connectivity index (χ3n) is 2.58. The molecule has 2 amide bonds. The molecule has 1 aromatic carbocycles. The number of nitrogens with one attached hydrogen (secondary N) is 1. The number of likely N-dealkylation sites (N-methyl/N-ethyl adjacent to an activating group) is 1. The lowest BCUT2D eigenvalue weighted by atomic mass is 10.1. The molecule has 7 heteroatoms. The van der Waals surface area contributed by atoms with Gasteiger partial charge in [0.2, 0.25) is 5.91 Å². The van der Waals surface area contributed by atoms with Gasteiger partial charge in [-0.05, 0) is 18.2 Å². The highest BCUT2D eigenvalue weighted by molar-refractivity contribution is 5.97. The van der Waals surface area contributed by atoms with E-state index in [0.717, 1.165) is 11.0 Å². The number of benzene rings is 1. The monoisotopic (exact) mass is 283 g/mol. The van der Waals surface area contributed by atoms with Crippen LogP contribution in [0.5, 0.6) is 0 Å². The Labute approximate surface area is 116 Å². The van der Waals surface area contributed by atoms with Crippen molar-refractivity contribution in [2.45, 2.75) is 0 Å². The summed E-state index contributed by atoms with van der Waals surface area (Å²) in [6.45, 7) is 0.564. The van der Waals surface area contributed by atoms with Gasteiger partial charge in [0.15, 0.2) is 0 Å². The smallest absolute Gasteiger partial charge is 0.257 e. The summed E-state index contributed by atoms with van der Waals surface area (Å²) in [4.78, 5) is 24.7. The first kappa shape index (κ1) is 15.9. The van der Waals surface area contributed by atoms with Crippen LogP contribution in [0.25, 0.3) is 0 Å². The van der Waals surface area contributed by atoms with Crippen LogP contribution in [-0.2, 0) is 9.53 Å². The van der Waals surface area contributed by atoms with Gasteiger partial charge in [-0.25, -0.2) is 4.39 Å². The minimum Gasteiger partial charge on any atom is -0.399 e. The van der Waals surface area contributed by atoms with Crippen molar-refractivity contribution in [1.29, 1.82) is 0 Å². The second-order valence-electron chi connectivity index (χ2n) is 4.24. The fourth-order valence-corrected chi connectivity index (χ4v) is 1.55. The van der Waals surface area contributed by atoms with E-state index in [1.54, 1.807) is 0 Å². The second-order valence-corrected chi connectivity index (χ2v) is 4.24. The van der Waals surface area contributed by atoms with Crippen LogP contribution < -0.4 is 11.1 Å². The molecule has 1 rings (SSSR count). The second kappa shape index (κ2) is 7.44. The highest BCUT2D eigenvalue weighted by Gasteiger charge is 2.18. The lowest BCUT2D eigenvalue weighted by Gasteiger charge is -2.17. The lowest BCUT2D eigenvalue weighted by molar-refractivity contribution is -0.121. The number of carbonyl (C=O) groups is 2. The topological polar surface area (TPSA) is 84.7 Å². The number of nitrogen functional groups attached to an aromatic ring is 1. The first-order valence-corrected chi connectivity index (χ1v) is 6.02. The summed E-state index contributed by atoms with van der Waals surface area (Å²) in [5.41, 5.74) is 5.65. The number of ether oxygens (including phenoxy) is 1. The van der Waals surface area contributed by atoms with Crippen molar-refractivity contribution in [1.82, 2.24) is 10.2 Å². The zero-order valence-corrected chi connectivity index (χ0v) is 11.5. The number of carbonyl (C=O) groups excluding carboxylic acids is 2. The quantitative estimate of drug-likeness (QED) is 0.578. The number of amides is 2. The van der Waals surface area contributed by atoms with Crippen molar-refractivity contribution >= 4 is 17.5 Å². The Morgan fingerprint density at radius 1 is 1.45 bits per heavy atom. The molecule has 0 aliphatic carbocycles. The predicted octanol–water partition coefficient (Wildman–Crippen LogP) is 0.243. The molecule has 6 nitrogen and oxygen atoms in total. The highest BCUT2D eigenvalue weighted by Crippen LogP contribution is 2.13. The molecule has 0 spiro atoms. The molecule has 0 heterocycles. The number of hydrogen-bond acceptors (Lipinski definition) is 4. The van der Waals surface area contributed by atoms with E-state index in [0.29, 0.717) is 13.2 Å². The summed E-state index contributed by atoms with van der Waals surface area (Å²) in [5.74, 6) is -1.62. The maximum Gasteiger partial charge on any atom is 0.257 e. The molecule has 3 N–H and O–H groups in total. The molecule has 0 radical (unpaired) electrons. The Morgan fingerprint density at radius 3 is 2.80 bits per heavy atom. The standard InChI is InChI=1S/C13H18FN3O3/c1-17(8-12(18)16-5-6-20-2)13(19)10-7-9(15)3-4-11(10)14/h3-4,7H,5-6,8,15H2,1-2H3,(H,16,18). The van der Waals surface area contributed by atoms with Crippen LogP contribution in [0.4, 0.5) is 10.1 Å². The molecule has 110 valence electrons. The molecule has 0 saturated heterocycles. The number of anilines is 1. The maximum atomic E-state index is 13.5. The van der Waals surface area contributed by atoms with Crippen molar-refractivity contribution in [3.63, 3.8) is 0 Å². The fourth-order valence-electron chi connectivity index (χ4n) is 1.55. The van der Waals surface area contributed by atoms with Gasteiger partial charge >= 0.3 is 0 Å². The number of rotatable bonds is 6. The fraction of sp³-hybridized carbons (Fsp3) is 0.385. The minimum absolute atomic E-state index is 0.155. The van der Waals surface area contributed by atoms with Crippen molar-refractivity contribution < 1.29 is 18.7 Å². The molecule has 0 saturated carbocycles. The van der Waals surface area contributed by atoms with Crippen LogP contribution in [0.1, 0.15) is 10.4 Å². The zero-order chi connectivity index (χ0) is 15.1. The average Bonchev–Trinajstić information content (AvgIpc) is 2.41. The number of nitrogens with two attached hydrogens (primary N) is 1. The summed E-state index contributed by atoms with van der Waals surface area (Å²) in [5, 5.41) is 2.57. The maximum absolute atomic E-state index is 13.5. The van der Waals surface area contributed by atoms with E-state index in [1.807, 2.05) is 0 Å². The van der Waals surface area contributed by atoms with Gasteiger partial charge in [0, 0.05) is 26.4 Å². The van der Waals surface area contributed by atoms with E-state index in [9.17, 15) is 14.0 Å². The van der Waals surface area contributed by atoms with Crippen molar-refractivity contribution in [2.24, 2.45) is 0 Å². The van der Waals surface area contributed by atoms with Gasteiger partial charge in [-0.1, -0.05) is 0 Å². The van der Waals surface area contributed by atoms with E-state index in [1.165, 1.54) is 26.3 Å². The van der Waals surface area contributed by atoms with Crippen LogP contribution in [0, 0.1) is 5.82 Å².